The second kappa shape index (κ2) is 13.6. The van der Waals surface area contributed by atoms with Crippen LogP contribution in [-0.2, 0) is 20.0 Å². The molecular weight excluding hydrogens is 347 g/mol. The van der Waals surface area contributed by atoms with Crippen LogP contribution >= 0.6 is 0 Å². The van der Waals surface area contributed by atoms with E-state index in [1.54, 1.807) is 0 Å². The standard InChI is InChI=1S/2C8H11.C3H6.2ClH.Ti/c2*1-6-4-7(2)8(3)5-6;1-3-2;;;/h2*4,8H,1-3H3;1-2H3;2*1H;/q2*-1;;;;+2/p-2. The Kier molecular flexibility index (Phi) is 16.6. The van der Waals surface area contributed by atoms with Gasteiger partial charge >= 0.3 is 37.6 Å². The van der Waals surface area contributed by atoms with Gasteiger partial charge in [-0.2, -0.15) is 11.1 Å². The summed E-state index contributed by atoms with van der Waals surface area (Å²) in [5, 5.41) is 0. The molecule has 0 amide bonds. The Morgan fingerprint density at radius 3 is 1.09 bits per heavy atom. The normalized spacial score (nSPS) is 21.4. The fraction of sp³-hybridized carbons (Fsp3) is 0.526. The maximum absolute atomic E-state index is 3.29. The van der Waals surface area contributed by atoms with Crippen LogP contribution in [0.25, 0.3) is 0 Å². The van der Waals surface area contributed by atoms with E-state index < -0.39 is 0 Å². The maximum Gasteiger partial charge on any atom is -1.00 e. The van der Waals surface area contributed by atoms with Crippen molar-refractivity contribution in [2.45, 2.75) is 55.4 Å². The summed E-state index contributed by atoms with van der Waals surface area (Å²) >= 11 is 2.08. The Balaban J connectivity index is -0.000000249. The van der Waals surface area contributed by atoms with Crippen molar-refractivity contribution >= 4 is 3.81 Å². The second-order valence-electron chi connectivity index (χ2n) is 5.87. The molecule has 2 rings (SSSR count). The molecule has 2 unspecified atom stereocenters. The molecule has 0 saturated carbocycles. The van der Waals surface area contributed by atoms with Gasteiger partial charge in [0.1, 0.15) is 0 Å². The van der Waals surface area contributed by atoms with Gasteiger partial charge in [-0.3, -0.25) is 12.2 Å². The van der Waals surface area contributed by atoms with Crippen LogP contribution in [0.4, 0.5) is 0 Å². The molecular formula is C19H28Cl2Ti-2. The molecule has 0 heterocycles. The number of hydrogen-bond acceptors (Lipinski definition) is 0. The van der Waals surface area contributed by atoms with Gasteiger partial charge in [-0.15, -0.1) is 0 Å². The molecule has 2 aliphatic carbocycles. The quantitative estimate of drug-likeness (QED) is 0.393. The number of hydrogen-bond donors (Lipinski definition) is 0. The van der Waals surface area contributed by atoms with Gasteiger partial charge in [0.2, 0.25) is 0 Å². The number of halogens is 2. The monoisotopic (exact) mass is 374 g/mol. The van der Waals surface area contributed by atoms with E-state index in [2.05, 4.69) is 99.7 Å². The van der Waals surface area contributed by atoms with Crippen LogP contribution in [0.1, 0.15) is 55.4 Å². The average Bonchev–Trinajstić information content (AvgIpc) is 2.70. The van der Waals surface area contributed by atoms with Crippen LogP contribution in [0.3, 0.4) is 0 Å². The summed E-state index contributed by atoms with van der Waals surface area (Å²) in [4.78, 5) is 0. The van der Waals surface area contributed by atoms with Crippen molar-refractivity contribution in [1.29, 1.82) is 0 Å². The van der Waals surface area contributed by atoms with Crippen molar-refractivity contribution in [3.05, 3.63) is 46.6 Å². The molecule has 0 aromatic heterocycles. The molecule has 0 saturated heterocycles. The first-order valence-corrected chi connectivity index (χ1v) is 7.99. The minimum atomic E-state index is 0. The molecule has 22 heavy (non-hydrogen) atoms. The second-order valence-corrected chi connectivity index (χ2v) is 7.44. The van der Waals surface area contributed by atoms with E-state index in [4.69, 9.17) is 0 Å². The predicted molar refractivity (Wildman–Crippen MR) is 87.1 cm³/mol. The molecule has 124 valence electrons. The molecule has 0 N–H and O–H groups in total. The molecule has 0 nitrogen and oxygen atoms in total. The Hall–Kier alpha value is 0.124. The molecule has 0 bridgehead atoms. The van der Waals surface area contributed by atoms with E-state index in [0.29, 0.717) is 11.8 Å². The van der Waals surface area contributed by atoms with E-state index in [0.717, 1.165) is 0 Å². The van der Waals surface area contributed by atoms with Crippen LogP contribution < -0.4 is 24.8 Å². The maximum atomic E-state index is 3.29. The van der Waals surface area contributed by atoms with E-state index >= 15 is 0 Å². The van der Waals surface area contributed by atoms with Gasteiger partial charge in [-0.1, -0.05) is 53.4 Å². The van der Waals surface area contributed by atoms with Crippen molar-refractivity contribution < 1.29 is 44.8 Å². The molecule has 2 aliphatic rings. The summed E-state index contributed by atoms with van der Waals surface area (Å²) in [5.74, 6) is 1.13. The summed E-state index contributed by atoms with van der Waals surface area (Å²) in [6.45, 7) is 17.0. The Morgan fingerprint density at radius 1 is 0.818 bits per heavy atom. The summed E-state index contributed by atoms with van der Waals surface area (Å²) in [7, 11) is 0. The van der Waals surface area contributed by atoms with Crippen molar-refractivity contribution in [2.75, 3.05) is 0 Å². The molecule has 0 spiro atoms. The molecule has 0 aliphatic heterocycles. The van der Waals surface area contributed by atoms with E-state index in [1.807, 2.05) is 0 Å². The van der Waals surface area contributed by atoms with Crippen LogP contribution in [0.5, 0.6) is 0 Å². The summed E-state index contributed by atoms with van der Waals surface area (Å²) in [6, 6.07) is 0. The first-order valence-electron chi connectivity index (χ1n) is 7.21. The molecule has 3 heteroatoms. The van der Waals surface area contributed by atoms with Crippen molar-refractivity contribution in [2.24, 2.45) is 11.8 Å². The molecule has 0 radical (unpaired) electrons. The van der Waals surface area contributed by atoms with Gasteiger partial charge in [0.05, 0.1) is 0 Å². The largest absolute Gasteiger partial charge is 1.00 e. The zero-order valence-electron chi connectivity index (χ0n) is 15.1. The van der Waals surface area contributed by atoms with Crippen LogP contribution in [0.15, 0.2) is 34.4 Å². The number of allylic oxidation sites excluding steroid dienone is 8. The van der Waals surface area contributed by atoms with Crippen LogP contribution in [0, 0.1) is 24.0 Å². The van der Waals surface area contributed by atoms with Crippen molar-refractivity contribution in [1.82, 2.24) is 0 Å². The van der Waals surface area contributed by atoms with E-state index in [9.17, 15) is 0 Å². The zero-order valence-corrected chi connectivity index (χ0v) is 18.1. The van der Waals surface area contributed by atoms with Crippen molar-refractivity contribution in [3.63, 3.8) is 0 Å². The van der Waals surface area contributed by atoms with Gasteiger partial charge in [0.25, 0.3) is 0 Å². The van der Waals surface area contributed by atoms with Gasteiger partial charge in [0.15, 0.2) is 0 Å². The van der Waals surface area contributed by atoms with E-state index in [1.165, 1.54) is 26.1 Å². The fourth-order valence-electron chi connectivity index (χ4n) is 1.93. The molecule has 0 fully saturated rings. The first-order chi connectivity index (χ1) is 9.13. The summed E-state index contributed by atoms with van der Waals surface area (Å²) < 4.78 is 1.42. The smallest absolute Gasteiger partial charge is 1.00 e. The van der Waals surface area contributed by atoms with Gasteiger partial charge in [-0.25, -0.2) is 23.3 Å². The third-order valence-corrected chi connectivity index (χ3v) is 3.14. The minimum Gasteiger partial charge on any atom is -1.00 e. The number of rotatable bonds is 0. The average molecular weight is 375 g/mol. The third-order valence-electron chi connectivity index (χ3n) is 3.14. The van der Waals surface area contributed by atoms with E-state index in [-0.39, 0.29) is 24.8 Å². The molecule has 2 atom stereocenters. The fourth-order valence-corrected chi connectivity index (χ4v) is 1.93. The SMILES string of the molecule is CC1=[C-]C(C)C(C)=C1.CC1=[C-]C(C)C(C)=C1.C[C](C)=[Ti+2].[Cl-].[Cl-]. The zero-order chi connectivity index (χ0) is 15.9. The van der Waals surface area contributed by atoms with Crippen LogP contribution in [-0.4, -0.2) is 3.81 Å². The van der Waals surface area contributed by atoms with Crippen molar-refractivity contribution in [3.8, 4) is 0 Å². The molecule has 0 aromatic carbocycles. The Morgan fingerprint density at radius 2 is 1.05 bits per heavy atom. The minimum absolute atomic E-state index is 0. The molecule has 0 aromatic rings. The summed E-state index contributed by atoms with van der Waals surface area (Å²) in [5.41, 5.74) is 5.44. The Bertz CT molecular complexity index is 426. The predicted octanol–water partition coefficient (Wildman–Crippen LogP) is -0.583. The summed E-state index contributed by atoms with van der Waals surface area (Å²) in [6.07, 6.45) is 11.0. The first kappa shape index (κ1) is 27.0. The van der Waals surface area contributed by atoms with Gasteiger partial charge in [0, 0.05) is 0 Å². The van der Waals surface area contributed by atoms with Gasteiger partial charge < -0.3 is 24.8 Å². The topological polar surface area (TPSA) is 0 Å². The van der Waals surface area contributed by atoms with Gasteiger partial charge in [-0.05, 0) is 0 Å². The Labute approximate surface area is 162 Å². The third kappa shape index (κ3) is 12.6. The van der Waals surface area contributed by atoms with Crippen LogP contribution in [0.2, 0.25) is 0 Å².